The minimum absolute atomic E-state index is 0.0327. The van der Waals surface area contributed by atoms with Gasteiger partial charge in [0.2, 0.25) is 12.3 Å². The van der Waals surface area contributed by atoms with Crippen LogP contribution >= 0.6 is 45.8 Å². The zero-order valence-corrected chi connectivity index (χ0v) is 21.3. The van der Waals surface area contributed by atoms with Gasteiger partial charge in [0.1, 0.15) is 5.82 Å². The van der Waals surface area contributed by atoms with E-state index in [4.69, 9.17) is 23.2 Å². The minimum Gasteiger partial charge on any atom is -0.390 e. The van der Waals surface area contributed by atoms with Crippen LogP contribution in [-0.2, 0) is 13.0 Å². The van der Waals surface area contributed by atoms with Gasteiger partial charge in [0.25, 0.3) is 0 Å². The van der Waals surface area contributed by atoms with E-state index in [1.165, 1.54) is 6.07 Å². The van der Waals surface area contributed by atoms with Crippen molar-refractivity contribution >= 4 is 63.8 Å². The number of hydrogen-bond donors (Lipinski definition) is 4. The topological polar surface area (TPSA) is 90.5 Å². The molecule has 1 heterocycles. The Morgan fingerprint density at radius 3 is 2.70 bits per heavy atom. The van der Waals surface area contributed by atoms with Crippen molar-refractivity contribution in [2.24, 2.45) is 0 Å². The van der Waals surface area contributed by atoms with Crippen LogP contribution in [0.1, 0.15) is 36.8 Å². The van der Waals surface area contributed by atoms with Gasteiger partial charge in [-0.25, -0.2) is 4.39 Å². The van der Waals surface area contributed by atoms with E-state index >= 15 is 4.39 Å². The number of aliphatic hydroxyl groups is 1. The highest BCUT2D eigenvalue weighted by atomic mass is 127. The van der Waals surface area contributed by atoms with Crippen LogP contribution < -0.4 is 16.0 Å². The molecule has 0 spiro atoms. The summed E-state index contributed by atoms with van der Waals surface area (Å²) in [5.74, 6) is -1.51. The summed E-state index contributed by atoms with van der Waals surface area (Å²) in [5, 5.41) is 19.3. The quantitative estimate of drug-likeness (QED) is 0.227. The van der Waals surface area contributed by atoms with Gasteiger partial charge in [-0.05, 0) is 49.1 Å². The number of amides is 2. The van der Waals surface area contributed by atoms with E-state index in [1.54, 1.807) is 37.3 Å². The van der Waals surface area contributed by atoms with Crippen molar-refractivity contribution in [3.63, 3.8) is 0 Å². The molecule has 4 N–H and O–H groups in total. The van der Waals surface area contributed by atoms with Crippen LogP contribution in [0.25, 0.3) is 0 Å². The van der Waals surface area contributed by atoms with E-state index < -0.39 is 26.8 Å². The lowest BCUT2D eigenvalue weighted by Crippen LogP contribution is -2.57. The zero-order valence-electron chi connectivity index (χ0n) is 17.7. The molecule has 1 aliphatic heterocycles. The Hall–Kier alpha value is -1.46. The van der Waals surface area contributed by atoms with Crippen molar-refractivity contribution in [3.8, 4) is 0 Å². The third kappa shape index (κ3) is 4.73. The molecular weight excluding hydrogens is 583 g/mol. The Bertz CT molecular complexity index is 1090. The number of alkyl halides is 1. The van der Waals surface area contributed by atoms with Gasteiger partial charge in [0.05, 0.1) is 20.1 Å². The van der Waals surface area contributed by atoms with E-state index in [2.05, 4.69) is 38.5 Å². The molecule has 0 aromatic heterocycles. The smallest absolute Gasteiger partial charge is 0.238 e. The molecule has 4 rings (SSSR count). The molecule has 3 atom stereocenters. The van der Waals surface area contributed by atoms with Gasteiger partial charge in [-0.1, -0.05) is 64.0 Å². The number of carbonyl (C=O) groups excluding carboxylic acids is 2. The summed E-state index contributed by atoms with van der Waals surface area (Å²) < 4.78 is 14.5. The summed E-state index contributed by atoms with van der Waals surface area (Å²) in [4.78, 5) is 24.6. The maximum absolute atomic E-state index is 15.3. The predicted octanol–water partition coefficient (Wildman–Crippen LogP) is 4.12. The van der Waals surface area contributed by atoms with Gasteiger partial charge < -0.3 is 21.1 Å². The molecule has 176 valence electrons. The second kappa shape index (κ2) is 9.30. The van der Waals surface area contributed by atoms with Crippen LogP contribution in [0, 0.1) is 5.82 Å². The number of carbonyl (C=O) groups is 2. The normalized spacial score (nSPS) is 31.0. The second-order valence-corrected chi connectivity index (χ2v) is 11.7. The molecule has 2 amide bonds. The predicted molar refractivity (Wildman–Crippen MR) is 135 cm³/mol. The van der Waals surface area contributed by atoms with E-state index in [0.29, 0.717) is 47.6 Å². The van der Waals surface area contributed by atoms with E-state index in [0.717, 1.165) is 0 Å². The molecular formula is C23H23Cl2FIN3O3. The molecule has 0 bridgehead atoms. The molecule has 33 heavy (non-hydrogen) atoms. The van der Waals surface area contributed by atoms with E-state index in [9.17, 15) is 14.7 Å². The molecule has 6 nitrogen and oxygen atoms in total. The van der Waals surface area contributed by atoms with Crippen molar-refractivity contribution in [2.45, 2.75) is 46.8 Å². The summed E-state index contributed by atoms with van der Waals surface area (Å²) in [7, 11) is 0. The van der Waals surface area contributed by atoms with Gasteiger partial charge >= 0.3 is 0 Å². The molecule has 1 saturated heterocycles. The Balaban J connectivity index is 1.77. The number of anilines is 1. The molecule has 0 unspecified atom stereocenters. The van der Waals surface area contributed by atoms with Gasteiger partial charge in [-0.3, -0.25) is 9.59 Å². The fourth-order valence-electron chi connectivity index (χ4n) is 4.90. The molecule has 2 aliphatic rings. The van der Waals surface area contributed by atoms with Crippen molar-refractivity contribution in [3.05, 3.63) is 63.4 Å². The molecule has 2 fully saturated rings. The van der Waals surface area contributed by atoms with Gasteiger partial charge in [0, 0.05) is 29.2 Å². The molecule has 1 saturated carbocycles. The number of halogens is 4. The average Bonchev–Trinajstić information content (AvgIpc) is 3.07. The van der Waals surface area contributed by atoms with E-state index in [1.807, 2.05) is 0 Å². The minimum atomic E-state index is -0.813. The lowest BCUT2D eigenvalue weighted by molar-refractivity contribution is -0.127. The first-order chi connectivity index (χ1) is 15.6. The number of rotatable bonds is 6. The SMILES string of the molecule is CC1(O)CC(NC(=O)[C@@H]2NC[C@@](I)(c3ccc(Cl)cc3NC=O)[C@H]2c2cccc(Cl)c2F)C1. The van der Waals surface area contributed by atoms with E-state index in [-0.39, 0.29) is 17.0 Å². The Labute approximate surface area is 214 Å². The number of hydrogen-bond acceptors (Lipinski definition) is 4. The molecule has 0 radical (unpaired) electrons. The highest BCUT2D eigenvalue weighted by molar-refractivity contribution is 14.1. The first kappa shape index (κ1) is 24.7. The standard InChI is InChI=1S/C23H23Cl2FIN3O3/c1-22(33)8-13(9-22)30-21(32)20-18(14-3-2-4-16(25)19(14)26)23(27,10-28-20)15-6-5-12(24)7-17(15)29-11-31/h2-7,11,13,18,20,28,33H,8-10H2,1H3,(H,29,31)(H,30,32)/t13?,18-,20+,22?,23+/m0/s1. The van der Waals surface area contributed by atoms with Crippen LogP contribution in [0.4, 0.5) is 10.1 Å². The van der Waals surface area contributed by atoms with Crippen molar-refractivity contribution in [1.82, 2.24) is 10.6 Å². The summed E-state index contributed by atoms with van der Waals surface area (Å²) in [6, 6.07) is 8.94. The monoisotopic (exact) mass is 605 g/mol. The van der Waals surface area contributed by atoms with Gasteiger partial charge in [-0.15, -0.1) is 0 Å². The Kier molecular flexibility index (Phi) is 6.95. The average molecular weight is 606 g/mol. The van der Waals surface area contributed by atoms with Gasteiger partial charge in [0.15, 0.2) is 0 Å². The maximum atomic E-state index is 15.3. The van der Waals surface area contributed by atoms with Crippen molar-refractivity contribution < 1.29 is 19.1 Å². The summed E-state index contributed by atoms with van der Waals surface area (Å²) >= 11 is 14.5. The molecule has 2 aromatic rings. The van der Waals surface area contributed by atoms with Crippen LogP contribution in [0.5, 0.6) is 0 Å². The van der Waals surface area contributed by atoms with Crippen LogP contribution in [0.2, 0.25) is 10.0 Å². The fraction of sp³-hybridized carbons (Fsp3) is 0.391. The summed E-state index contributed by atoms with van der Waals surface area (Å²) in [6.45, 7) is 2.06. The summed E-state index contributed by atoms with van der Waals surface area (Å²) in [5.41, 5.74) is 0.705. The first-order valence-electron chi connectivity index (χ1n) is 10.4. The lowest BCUT2D eigenvalue weighted by Gasteiger charge is -2.42. The first-order valence-corrected chi connectivity index (χ1v) is 12.3. The maximum Gasteiger partial charge on any atom is 0.238 e. The number of benzene rings is 2. The Morgan fingerprint density at radius 1 is 1.30 bits per heavy atom. The zero-order chi connectivity index (χ0) is 24.0. The summed E-state index contributed by atoms with van der Waals surface area (Å²) in [6.07, 6.45) is 1.47. The fourth-order valence-corrected chi connectivity index (χ4v) is 6.64. The molecule has 1 aliphatic carbocycles. The third-order valence-corrected chi connectivity index (χ3v) is 8.53. The van der Waals surface area contributed by atoms with Crippen LogP contribution in [0.15, 0.2) is 36.4 Å². The van der Waals surface area contributed by atoms with Crippen molar-refractivity contribution in [1.29, 1.82) is 0 Å². The van der Waals surface area contributed by atoms with Gasteiger partial charge in [-0.2, -0.15) is 0 Å². The van der Waals surface area contributed by atoms with Crippen molar-refractivity contribution in [2.75, 3.05) is 11.9 Å². The number of nitrogens with one attached hydrogen (secondary N) is 3. The molecule has 10 heteroatoms. The van der Waals surface area contributed by atoms with Crippen LogP contribution in [-0.4, -0.2) is 41.7 Å². The third-order valence-electron chi connectivity index (χ3n) is 6.37. The largest absolute Gasteiger partial charge is 0.390 e. The lowest BCUT2D eigenvalue weighted by atomic mass is 9.76. The highest BCUT2D eigenvalue weighted by Gasteiger charge is 2.53. The Morgan fingerprint density at radius 2 is 2.03 bits per heavy atom. The molecule has 2 aromatic carbocycles. The second-order valence-electron chi connectivity index (χ2n) is 8.90. The highest BCUT2D eigenvalue weighted by Crippen LogP contribution is 2.53. The van der Waals surface area contributed by atoms with Crippen LogP contribution in [0.3, 0.4) is 0 Å².